The third-order valence-electron chi connectivity index (χ3n) is 4.98. The lowest BCUT2D eigenvalue weighted by Crippen LogP contribution is -2.31. The summed E-state index contributed by atoms with van der Waals surface area (Å²) in [5.41, 5.74) is 6.56. The minimum atomic E-state index is 0.619. The predicted octanol–water partition coefficient (Wildman–Crippen LogP) is 5.36. The average molecular weight is 382 g/mol. The molecule has 0 spiro atoms. The van der Waals surface area contributed by atoms with Crippen LogP contribution in [-0.2, 0) is 7.05 Å². The lowest BCUT2D eigenvalue weighted by molar-refractivity contribution is -0.661. The van der Waals surface area contributed by atoms with Crippen molar-refractivity contribution in [2.24, 2.45) is 7.05 Å². The standard InChI is InChI=1S/C25H24N3O/c1-19-18-22(14-15-23(19)24-25(29-3)26-16-17-27(24)2)28(20-10-6-4-7-11-20)21-12-8-5-9-13-21/h4-18H,1-3H3/q+1. The van der Waals surface area contributed by atoms with Crippen LogP contribution in [0.25, 0.3) is 11.3 Å². The highest BCUT2D eigenvalue weighted by atomic mass is 16.5. The second-order valence-electron chi connectivity index (χ2n) is 6.90. The van der Waals surface area contributed by atoms with Crippen LogP contribution in [0.5, 0.6) is 5.88 Å². The Morgan fingerprint density at radius 3 is 2.00 bits per heavy atom. The Morgan fingerprint density at radius 1 is 0.828 bits per heavy atom. The molecule has 4 nitrogen and oxygen atoms in total. The van der Waals surface area contributed by atoms with E-state index in [1.807, 2.05) is 29.9 Å². The van der Waals surface area contributed by atoms with E-state index in [1.165, 1.54) is 0 Å². The van der Waals surface area contributed by atoms with Crippen LogP contribution in [0.2, 0.25) is 0 Å². The highest BCUT2D eigenvalue weighted by molar-refractivity contribution is 5.79. The number of para-hydroxylation sites is 2. The van der Waals surface area contributed by atoms with Gasteiger partial charge in [-0.2, -0.15) is 4.57 Å². The Kier molecular flexibility index (Phi) is 5.25. The molecule has 0 bridgehead atoms. The largest absolute Gasteiger partial charge is 0.476 e. The van der Waals surface area contributed by atoms with Gasteiger partial charge in [0.15, 0.2) is 6.20 Å². The third kappa shape index (κ3) is 3.69. The summed E-state index contributed by atoms with van der Waals surface area (Å²) in [7, 11) is 3.66. The number of nitrogens with zero attached hydrogens (tertiary/aromatic N) is 3. The average Bonchev–Trinajstić information content (AvgIpc) is 2.76. The van der Waals surface area contributed by atoms with Gasteiger partial charge in [0.25, 0.3) is 11.6 Å². The molecule has 0 fully saturated rings. The molecule has 0 amide bonds. The SMILES string of the molecule is COc1ncc[n+](C)c1-c1ccc(N(c2ccccc2)c2ccccc2)cc1C. The fourth-order valence-electron chi connectivity index (χ4n) is 3.60. The van der Waals surface area contributed by atoms with Crippen molar-refractivity contribution in [1.29, 1.82) is 0 Å². The predicted molar refractivity (Wildman–Crippen MR) is 117 cm³/mol. The van der Waals surface area contributed by atoms with Crippen LogP contribution >= 0.6 is 0 Å². The molecular formula is C25H24N3O+. The Bertz CT molecular complexity index is 1070. The van der Waals surface area contributed by atoms with Gasteiger partial charge >= 0.3 is 0 Å². The van der Waals surface area contributed by atoms with Gasteiger partial charge in [0.2, 0.25) is 0 Å². The van der Waals surface area contributed by atoms with E-state index in [-0.39, 0.29) is 0 Å². The van der Waals surface area contributed by atoms with Gasteiger partial charge in [-0.3, -0.25) is 0 Å². The minimum absolute atomic E-state index is 0.619. The Morgan fingerprint density at radius 2 is 1.45 bits per heavy atom. The number of anilines is 3. The number of ether oxygens (including phenoxy) is 1. The minimum Gasteiger partial charge on any atom is -0.476 e. The van der Waals surface area contributed by atoms with Crippen molar-refractivity contribution in [2.45, 2.75) is 6.92 Å². The number of aromatic nitrogens is 2. The number of methoxy groups -OCH3 is 1. The van der Waals surface area contributed by atoms with Gasteiger partial charge < -0.3 is 9.64 Å². The van der Waals surface area contributed by atoms with Gasteiger partial charge in [-0.15, -0.1) is 0 Å². The molecule has 144 valence electrons. The van der Waals surface area contributed by atoms with Crippen molar-refractivity contribution in [2.75, 3.05) is 12.0 Å². The van der Waals surface area contributed by atoms with E-state index in [0.29, 0.717) is 5.88 Å². The zero-order chi connectivity index (χ0) is 20.2. The maximum Gasteiger partial charge on any atom is 0.288 e. The van der Waals surface area contributed by atoms with Gasteiger partial charge in [0.1, 0.15) is 7.05 Å². The molecule has 1 aromatic heterocycles. The molecule has 0 aliphatic heterocycles. The first-order chi connectivity index (χ1) is 14.2. The summed E-state index contributed by atoms with van der Waals surface area (Å²) in [5, 5.41) is 0. The molecular weight excluding hydrogens is 358 g/mol. The maximum absolute atomic E-state index is 5.51. The molecule has 4 heteroatoms. The first-order valence-electron chi connectivity index (χ1n) is 9.59. The van der Waals surface area contributed by atoms with Gasteiger partial charge in [-0.1, -0.05) is 36.4 Å². The summed E-state index contributed by atoms with van der Waals surface area (Å²) in [6.07, 6.45) is 3.68. The van der Waals surface area contributed by atoms with Gasteiger partial charge in [0.05, 0.1) is 18.9 Å². The Hall–Kier alpha value is -3.66. The van der Waals surface area contributed by atoms with E-state index in [1.54, 1.807) is 13.3 Å². The molecule has 0 unspecified atom stereocenters. The third-order valence-corrected chi connectivity index (χ3v) is 4.98. The van der Waals surface area contributed by atoms with E-state index in [2.05, 4.69) is 83.5 Å². The van der Waals surface area contributed by atoms with Crippen molar-refractivity contribution >= 4 is 17.1 Å². The summed E-state index contributed by atoms with van der Waals surface area (Å²) in [6.45, 7) is 2.12. The Labute approximate surface area is 171 Å². The molecule has 0 aliphatic rings. The molecule has 1 heterocycles. The van der Waals surface area contributed by atoms with Gasteiger partial charge in [0, 0.05) is 17.1 Å². The van der Waals surface area contributed by atoms with Crippen LogP contribution in [0, 0.1) is 6.92 Å². The van der Waals surface area contributed by atoms with E-state index in [4.69, 9.17) is 4.74 Å². The van der Waals surface area contributed by atoms with Crippen molar-refractivity contribution in [3.63, 3.8) is 0 Å². The number of rotatable bonds is 5. The quantitative estimate of drug-likeness (QED) is 0.435. The van der Waals surface area contributed by atoms with E-state index < -0.39 is 0 Å². The normalized spacial score (nSPS) is 10.6. The highest BCUT2D eigenvalue weighted by Gasteiger charge is 2.21. The number of hydrogen-bond donors (Lipinski definition) is 0. The fraction of sp³-hybridized carbons (Fsp3) is 0.120. The van der Waals surface area contributed by atoms with E-state index >= 15 is 0 Å². The van der Waals surface area contributed by atoms with Crippen molar-refractivity contribution < 1.29 is 9.30 Å². The molecule has 0 atom stereocenters. The molecule has 0 radical (unpaired) electrons. The maximum atomic E-state index is 5.51. The number of hydrogen-bond acceptors (Lipinski definition) is 3. The second kappa shape index (κ2) is 8.15. The zero-order valence-electron chi connectivity index (χ0n) is 16.9. The van der Waals surface area contributed by atoms with Crippen LogP contribution in [0.4, 0.5) is 17.1 Å². The lowest BCUT2D eigenvalue weighted by Gasteiger charge is -2.26. The summed E-state index contributed by atoms with van der Waals surface area (Å²) in [5.74, 6) is 0.619. The van der Waals surface area contributed by atoms with Crippen LogP contribution < -0.4 is 14.2 Å². The smallest absolute Gasteiger partial charge is 0.288 e. The van der Waals surface area contributed by atoms with Crippen LogP contribution in [-0.4, -0.2) is 12.1 Å². The number of aryl methyl sites for hydroxylation is 2. The molecule has 0 N–H and O–H groups in total. The van der Waals surface area contributed by atoms with Crippen molar-refractivity contribution in [3.8, 4) is 17.1 Å². The monoisotopic (exact) mass is 382 g/mol. The summed E-state index contributed by atoms with van der Waals surface area (Å²) in [4.78, 5) is 6.64. The molecule has 29 heavy (non-hydrogen) atoms. The highest BCUT2D eigenvalue weighted by Crippen LogP contribution is 2.37. The topological polar surface area (TPSA) is 29.2 Å². The lowest BCUT2D eigenvalue weighted by atomic mass is 10.0. The number of benzene rings is 3. The molecule has 4 rings (SSSR count). The van der Waals surface area contributed by atoms with Gasteiger partial charge in [-0.05, 0) is 55.0 Å². The summed E-state index contributed by atoms with van der Waals surface area (Å²) in [6, 6.07) is 27.3. The van der Waals surface area contributed by atoms with Crippen LogP contribution in [0.1, 0.15) is 5.56 Å². The van der Waals surface area contributed by atoms with Crippen molar-refractivity contribution in [3.05, 3.63) is 96.8 Å². The molecule has 4 aromatic rings. The van der Waals surface area contributed by atoms with E-state index in [0.717, 1.165) is 33.9 Å². The van der Waals surface area contributed by atoms with Crippen LogP contribution in [0.3, 0.4) is 0 Å². The fourth-order valence-corrected chi connectivity index (χ4v) is 3.60. The Balaban J connectivity index is 1.84. The second-order valence-corrected chi connectivity index (χ2v) is 6.90. The van der Waals surface area contributed by atoms with E-state index in [9.17, 15) is 0 Å². The molecule has 3 aromatic carbocycles. The van der Waals surface area contributed by atoms with Crippen LogP contribution in [0.15, 0.2) is 91.3 Å². The summed E-state index contributed by atoms with van der Waals surface area (Å²) < 4.78 is 7.55. The molecule has 0 aliphatic carbocycles. The molecule has 0 saturated carbocycles. The first-order valence-corrected chi connectivity index (χ1v) is 9.59. The molecule has 0 saturated heterocycles. The van der Waals surface area contributed by atoms with Gasteiger partial charge in [-0.25, -0.2) is 4.98 Å². The zero-order valence-corrected chi connectivity index (χ0v) is 16.9. The summed E-state index contributed by atoms with van der Waals surface area (Å²) >= 11 is 0. The van der Waals surface area contributed by atoms with Crippen molar-refractivity contribution in [1.82, 2.24) is 4.98 Å². The first kappa shape index (κ1) is 18.7.